The van der Waals surface area contributed by atoms with Crippen molar-refractivity contribution in [3.8, 4) is 0 Å². The lowest BCUT2D eigenvalue weighted by atomic mass is 9.87. The molecule has 0 amide bonds. The van der Waals surface area contributed by atoms with Gasteiger partial charge in [-0.1, -0.05) is 30.3 Å². The minimum atomic E-state index is -3.55. The fourth-order valence-electron chi connectivity index (χ4n) is 1.43. The molecule has 7 nitrogen and oxygen atoms in total. The summed E-state index contributed by atoms with van der Waals surface area (Å²) in [6.45, 7) is 0. The molecule has 2 atom stereocenters. The molecule has 19 heavy (non-hydrogen) atoms. The predicted octanol–water partition coefficient (Wildman–Crippen LogP) is 0.0393. The first-order valence-electron chi connectivity index (χ1n) is 4.91. The average molecular weight is 272 g/mol. The zero-order chi connectivity index (χ0) is 14.6. The molecular formula is C11H9FO7. The van der Waals surface area contributed by atoms with Crippen molar-refractivity contribution in [1.29, 1.82) is 0 Å². The van der Waals surface area contributed by atoms with Gasteiger partial charge in [0.25, 0.3) is 0 Å². The van der Waals surface area contributed by atoms with E-state index in [1.807, 2.05) is 0 Å². The van der Waals surface area contributed by atoms with E-state index >= 15 is 0 Å². The quantitative estimate of drug-likeness (QED) is 0.493. The Kier molecular flexibility index (Phi) is 4.30. The van der Waals surface area contributed by atoms with Crippen LogP contribution in [0.4, 0.5) is 4.53 Å². The number of carbonyl (C=O) groups is 3. The van der Waals surface area contributed by atoms with Gasteiger partial charge in [0.15, 0.2) is 0 Å². The summed E-state index contributed by atoms with van der Waals surface area (Å²) in [5, 5.41) is 26.7. The molecule has 1 aromatic carbocycles. The van der Waals surface area contributed by atoms with Gasteiger partial charge in [0.2, 0.25) is 11.9 Å². The van der Waals surface area contributed by atoms with E-state index in [2.05, 4.69) is 4.94 Å². The third-order valence-electron chi connectivity index (χ3n) is 2.43. The average Bonchev–Trinajstić information content (AvgIpc) is 2.40. The Morgan fingerprint density at radius 3 is 2.05 bits per heavy atom. The zero-order valence-electron chi connectivity index (χ0n) is 9.32. The number of carbonyl (C=O) groups excluding carboxylic acids is 1. The van der Waals surface area contributed by atoms with Gasteiger partial charge in [0, 0.05) is 5.56 Å². The van der Waals surface area contributed by atoms with E-state index in [1.54, 1.807) is 0 Å². The van der Waals surface area contributed by atoms with Crippen molar-refractivity contribution < 1.29 is 39.2 Å². The second-order valence-electron chi connectivity index (χ2n) is 3.55. The third kappa shape index (κ3) is 2.44. The highest BCUT2D eigenvalue weighted by molar-refractivity contribution is 6.17. The van der Waals surface area contributed by atoms with Crippen LogP contribution in [0.5, 0.6) is 0 Å². The standard InChI is InChI=1S/C11H9FO7/c12-19-11(10(17)18,8(14)9(15)16)7(13)6-4-2-1-3-5-6/h1-5,8,14H,(H,15,16)(H,17,18). The normalized spacial score (nSPS) is 15.3. The van der Waals surface area contributed by atoms with E-state index in [0.717, 1.165) is 12.1 Å². The minimum absolute atomic E-state index is 0.317. The number of benzene rings is 1. The van der Waals surface area contributed by atoms with E-state index in [0.29, 0.717) is 0 Å². The lowest BCUT2D eigenvalue weighted by Gasteiger charge is -2.25. The highest BCUT2D eigenvalue weighted by atomic mass is 19.3. The second-order valence-corrected chi connectivity index (χ2v) is 3.55. The molecule has 0 aliphatic rings. The van der Waals surface area contributed by atoms with E-state index in [4.69, 9.17) is 10.2 Å². The molecule has 0 spiro atoms. The lowest BCUT2D eigenvalue weighted by molar-refractivity contribution is -0.249. The SMILES string of the molecule is O=C(O)C(O)C(OF)(C(=O)O)C(=O)c1ccccc1. The molecule has 0 heterocycles. The molecule has 0 saturated carbocycles. The van der Waals surface area contributed by atoms with Crippen LogP contribution in [-0.2, 0) is 14.5 Å². The van der Waals surface area contributed by atoms with Crippen molar-refractivity contribution in [2.45, 2.75) is 11.7 Å². The van der Waals surface area contributed by atoms with Crippen molar-refractivity contribution in [3.63, 3.8) is 0 Å². The maximum Gasteiger partial charge on any atom is 0.351 e. The van der Waals surface area contributed by atoms with Crippen LogP contribution in [0, 0.1) is 0 Å². The Morgan fingerprint density at radius 2 is 1.68 bits per heavy atom. The summed E-state index contributed by atoms with van der Waals surface area (Å²) < 4.78 is 12.6. The van der Waals surface area contributed by atoms with Gasteiger partial charge in [-0.25, -0.2) is 9.59 Å². The van der Waals surface area contributed by atoms with Gasteiger partial charge < -0.3 is 15.3 Å². The van der Waals surface area contributed by atoms with Crippen LogP contribution in [0.25, 0.3) is 0 Å². The van der Waals surface area contributed by atoms with Crippen LogP contribution in [0.15, 0.2) is 30.3 Å². The first-order valence-corrected chi connectivity index (χ1v) is 4.91. The summed E-state index contributed by atoms with van der Waals surface area (Å²) in [5.74, 6) is -5.87. The number of aliphatic carboxylic acids is 2. The van der Waals surface area contributed by atoms with E-state index in [9.17, 15) is 24.0 Å². The van der Waals surface area contributed by atoms with Crippen LogP contribution in [0.1, 0.15) is 10.4 Å². The number of aliphatic hydroxyl groups is 1. The molecule has 0 aromatic heterocycles. The molecule has 0 fully saturated rings. The van der Waals surface area contributed by atoms with Crippen molar-refractivity contribution in [2.24, 2.45) is 0 Å². The van der Waals surface area contributed by atoms with Gasteiger partial charge >= 0.3 is 17.5 Å². The highest BCUT2D eigenvalue weighted by Crippen LogP contribution is 2.24. The fourth-order valence-corrected chi connectivity index (χ4v) is 1.43. The Morgan fingerprint density at radius 1 is 1.16 bits per heavy atom. The highest BCUT2D eigenvalue weighted by Gasteiger charge is 2.59. The van der Waals surface area contributed by atoms with E-state index in [-0.39, 0.29) is 5.56 Å². The Hall–Kier alpha value is -2.32. The summed E-state index contributed by atoms with van der Waals surface area (Å²) in [7, 11) is 0. The van der Waals surface area contributed by atoms with E-state index < -0.39 is 29.4 Å². The number of Topliss-reactive ketones (excluding diaryl/α,β-unsaturated/α-hetero) is 1. The molecule has 3 N–H and O–H groups in total. The van der Waals surface area contributed by atoms with Gasteiger partial charge in [-0.05, 0) is 4.53 Å². The van der Waals surface area contributed by atoms with Crippen molar-refractivity contribution in [2.75, 3.05) is 0 Å². The molecule has 102 valence electrons. The molecule has 0 aliphatic carbocycles. The molecule has 0 bridgehead atoms. The largest absolute Gasteiger partial charge is 0.479 e. The minimum Gasteiger partial charge on any atom is -0.479 e. The molecule has 2 unspecified atom stereocenters. The first-order chi connectivity index (χ1) is 8.87. The summed E-state index contributed by atoms with van der Waals surface area (Å²) in [4.78, 5) is 36.6. The third-order valence-corrected chi connectivity index (χ3v) is 2.43. The van der Waals surface area contributed by atoms with Gasteiger partial charge in [-0.15, -0.1) is 0 Å². The number of carboxylic acid groups (broad SMARTS) is 2. The maximum atomic E-state index is 12.6. The van der Waals surface area contributed by atoms with Crippen molar-refractivity contribution in [1.82, 2.24) is 0 Å². The molecule has 1 rings (SSSR count). The Labute approximate surface area is 105 Å². The number of carboxylic acids is 2. The monoisotopic (exact) mass is 272 g/mol. The van der Waals surface area contributed by atoms with Crippen LogP contribution in [0.3, 0.4) is 0 Å². The molecule has 0 aliphatic heterocycles. The van der Waals surface area contributed by atoms with E-state index in [1.165, 1.54) is 18.2 Å². The molecule has 1 aromatic rings. The number of hydrogen-bond donors (Lipinski definition) is 3. The van der Waals surface area contributed by atoms with Gasteiger partial charge in [0.05, 0.1) is 0 Å². The van der Waals surface area contributed by atoms with Gasteiger partial charge in [-0.2, -0.15) is 4.94 Å². The van der Waals surface area contributed by atoms with Crippen LogP contribution in [-0.4, -0.2) is 44.7 Å². The predicted molar refractivity (Wildman–Crippen MR) is 57.0 cm³/mol. The van der Waals surface area contributed by atoms with Gasteiger partial charge in [0.1, 0.15) is 0 Å². The van der Waals surface area contributed by atoms with Crippen LogP contribution >= 0.6 is 0 Å². The van der Waals surface area contributed by atoms with Crippen LogP contribution in [0.2, 0.25) is 0 Å². The zero-order valence-corrected chi connectivity index (χ0v) is 9.32. The maximum absolute atomic E-state index is 12.6. The lowest BCUT2D eigenvalue weighted by Crippen LogP contribution is -2.59. The summed E-state index contributed by atoms with van der Waals surface area (Å²) >= 11 is 0. The number of rotatable bonds is 6. The number of ketones is 1. The summed E-state index contributed by atoms with van der Waals surface area (Å²) in [6, 6.07) is 6.47. The summed E-state index contributed by atoms with van der Waals surface area (Å²) in [6.07, 6.45) is -2.90. The van der Waals surface area contributed by atoms with Crippen LogP contribution < -0.4 is 0 Å². The van der Waals surface area contributed by atoms with Crippen molar-refractivity contribution >= 4 is 17.7 Å². The second kappa shape index (κ2) is 5.55. The van der Waals surface area contributed by atoms with Gasteiger partial charge in [-0.3, -0.25) is 4.79 Å². The smallest absolute Gasteiger partial charge is 0.351 e. The molecular weight excluding hydrogens is 263 g/mol. The Balaban J connectivity index is 3.36. The molecule has 0 radical (unpaired) electrons. The number of halogens is 1. The molecule has 0 saturated heterocycles. The first kappa shape index (κ1) is 14.7. The summed E-state index contributed by atoms with van der Waals surface area (Å²) in [5.41, 5.74) is -3.87. The number of hydrogen-bond acceptors (Lipinski definition) is 5. The van der Waals surface area contributed by atoms with Crippen molar-refractivity contribution in [3.05, 3.63) is 35.9 Å². The topological polar surface area (TPSA) is 121 Å². The fraction of sp³-hybridized carbons (Fsp3) is 0.182. The Bertz CT molecular complexity index is 501. The molecule has 8 heteroatoms. The number of aliphatic hydroxyl groups excluding tert-OH is 1.